The summed E-state index contributed by atoms with van der Waals surface area (Å²) < 4.78 is 0. The zero-order valence-corrected chi connectivity index (χ0v) is 9.72. The third-order valence-corrected chi connectivity index (χ3v) is 2.51. The molecule has 0 aliphatic carbocycles. The quantitative estimate of drug-likeness (QED) is 0.618. The summed E-state index contributed by atoms with van der Waals surface area (Å²) in [7, 11) is 0. The van der Waals surface area contributed by atoms with E-state index >= 15 is 0 Å². The largest absolute Gasteiger partial charge is 0.387 e. The molecule has 0 aliphatic heterocycles. The highest BCUT2D eigenvalue weighted by Gasteiger charge is 2.10. The molecule has 0 amide bonds. The van der Waals surface area contributed by atoms with E-state index in [0.29, 0.717) is 28.7 Å². The first-order valence-electron chi connectivity index (χ1n) is 4.59. The fraction of sp³-hybridized carbons (Fsp3) is 0.273. The lowest BCUT2D eigenvalue weighted by molar-refractivity contribution is 0.176. The van der Waals surface area contributed by atoms with Crippen molar-refractivity contribution in [3.05, 3.63) is 46.5 Å². The highest BCUT2D eigenvalue weighted by molar-refractivity contribution is 6.35. The van der Waals surface area contributed by atoms with Crippen LogP contribution in [0.15, 0.2) is 30.9 Å². The maximum atomic E-state index is 9.79. The first kappa shape index (κ1) is 12.5. The van der Waals surface area contributed by atoms with Gasteiger partial charge in [-0.1, -0.05) is 35.3 Å². The van der Waals surface area contributed by atoms with E-state index in [2.05, 4.69) is 11.9 Å². The Morgan fingerprint density at radius 3 is 2.80 bits per heavy atom. The Kier molecular flexibility index (Phi) is 5.12. The molecule has 4 heteroatoms. The van der Waals surface area contributed by atoms with Gasteiger partial charge in [0.1, 0.15) is 0 Å². The first-order valence-corrected chi connectivity index (χ1v) is 5.35. The van der Waals surface area contributed by atoms with Gasteiger partial charge in [0.25, 0.3) is 0 Å². The molecule has 82 valence electrons. The van der Waals surface area contributed by atoms with Gasteiger partial charge in [-0.05, 0) is 12.1 Å². The van der Waals surface area contributed by atoms with Crippen LogP contribution in [0.1, 0.15) is 11.7 Å². The predicted molar refractivity (Wildman–Crippen MR) is 64.5 cm³/mol. The number of halogens is 2. The minimum absolute atomic E-state index is 0.438. The van der Waals surface area contributed by atoms with Crippen LogP contribution < -0.4 is 5.32 Å². The lowest BCUT2D eigenvalue weighted by Gasteiger charge is -2.13. The van der Waals surface area contributed by atoms with Crippen molar-refractivity contribution in [1.29, 1.82) is 0 Å². The molecule has 0 radical (unpaired) electrons. The van der Waals surface area contributed by atoms with Crippen molar-refractivity contribution in [1.82, 2.24) is 5.32 Å². The molecule has 2 N–H and O–H groups in total. The second-order valence-corrected chi connectivity index (χ2v) is 3.97. The van der Waals surface area contributed by atoms with Crippen molar-refractivity contribution in [3.63, 3.8) is 0 Å². The standard InChI is InChI=1S/C11H13Cl2NO/c1-2-5-14-7-11(15)9-4-3-8(12)6-10(9)13/h2-4,6,11,14-15H,1,5,7H2. The number of aliphatic hydroxyl groups is 1. The fourth-order valence-corrected chi connectivity index (χ4v) is 1.74. The molecular formula is C11H13Cl2NO. The molecule has 1 rings (SSSR count). The number of rotatable bonds is 5. The van der Waals surface area contributed by atoms with Crippen molar-refractivity contribution in [2.24, 2.45) is 0 Å². The van der Waals surface area contributed by atoms with Crippen LogP contribution in [0, 0.1) is 0 Å². The van der Waals surface area contributed by atoms with Gasteiger partial charge in [-0.25, -0.2) is 0 Å². The molecule has 0 fully saturated rings. The van der Waals surface area contributed by atoms with E-state index in [0.717, 1.165) is 0 Å². The van der Waals surface area contributed by atoms with Crippen molar-refractivity contribution in [3.8, 4) is 0 Å². The molecule has 1 atom stereocenters. The van der Waals surface area contributed by atoms with Crippen LogP contribution in [-0.2, 0) is 0 Å². The van der Waals surface area contributed by atoms with Gasteiger partial charge in [0.05, 0.1) is 6.10 Å². The van der Waals surface area contributed by atoms with Crippen molar-refractivity contribution < 1.29 is 5.11 Å². The number of aliphatic hydroxyl groups excluding tert-OH is 1. The van der Waals surface area contributed by atoms with Crippen LogP contribution in [0.25, 0.3) is 0 Å². The number of hydrogen-bond acceptors (Lipinski definition) is 2. The number of nitrogens with one attached hydrogen (secondary N) is 1. The molecule has 0 saturated heterocycles. The fourth-order valence-electron chi connectivity index (χ4n) is 1.20. The summed E-state index contributed by atoms with van der Waals surface area (Å²) in [5, 5.41) is 13.9. The maximum Gasteiger partial charge on any atom is 0.0928 e. The number of hydrogen-bond donors (Lipinski definition) is 2. The average molecular weight is 246 g/mol. The molecule has 1 unspecified atom stereocenters. The van der Waals surface area contributed by atoms with E-state index in [1.54, 1.807) is 24.3 Å². The minimum atomic E-state index is -0.630. The molecular weight excluding hydrogens is 233 g/mol. The smallest absolute Gasteiger partial charge is 0.0928 e. The molecule has 1 aromatic carbocycles. The van der Waals surface area contributed by atoms with Crippen LogP contribution in [0.5, 0.6) is 0 Å². The number of benzene rings is 1. The molecule has 0 bridgehead atoms. The zero-order valence-electron chi connectivity index (χ0n) is 8.21. The zero-order chi connectivity index (χ0) is 11.3. The summed E-state index contributed by atoms with van der Waals surface area (Å²) >= 11 is 11.7. The normalized spacial score (nSPS) is 12.5. The Hall–Kier alpha value is -0.540. The van der Waals surface area contributed by atoms with E-state index in [-0.39, 0.29) is 0 Å². The Morgan fingerprint density at radius 1 is 1.47 bits per heavy atom. The van der Waals surface area contributed by atoms with Crippen molar-refractivity contribution in [2.75, 3.05) is 13.1 Å². The van der Waals surface area contributed by atoms with Gasteiger partial charge < -0.3 is 10.4 Å². The Balaban J connectivity index is 2.64. The van der Waals surface area contributed by atoms with E-state index in [1.807, 2.05) is 0 Å². The monoisotopic (exact) mass is 245 g/mol. The summed E-state index contributed by atoms with van der Waals surface area (Å²) in [5.41, 5.74) is 0.678. The minimum Gasteiger partial charge on any atom is -0.387 e. The van der Waals surface area contributed by atoms with Gasteiger partial charge in [-0.2, -0.15) is 0 Å². The van der Waals surface area contributed by atoms with E-state index < -0.39 is 6.10 Å². The topological polar surface area (TPSA) is 32.3 Å². The predicted octanol–water partition coefficient (Wildman–Crippen LogP) is 2.80. The molecule has 0 aromatic heterocycles. The van der Waals surface area contributed by atoms with Crippen LogP contribution in [0.4, 0.5) is 0 Å². The van der Waals surface area contributed by atoms with Gasteiger partial charge >= 0.3 is 0 Å². The van der Waals surface area contributed by atoms with Crippen molar-refractivity contribution in [2.45, 2.75) is 6.10 Å². The summed E-state index contributed by atoms with van der Waals surface area (Å²) in [6.45, 7) is 4.66. The van der Waals surface area contributed by atoms with E-state index in [9.17, 15) is 5.11 Å². The molecule has 0 spiro atoms. The molecule has 0 saturated carbocycles. The van der Waals surface area contributed by atoms with E-state index in [1.165, 1.54) is 0 Å². The average Bonchev–Trinajstić information content (AvgIpc) is 2.17. The lowest BCUT2D eigenvalue weighted by Crippen LogP contribution is -2.21. The van der Waals surface area contributed by atoms with Crippen LogP contribution in [0.2, 0.25) is 10.0 Å². The molecule has 0 aliphatic rings. The second-order valence-electron chi connectivity index (χ2n) is 3.13. The van der Waals surface area contributed by atoms with Crippen LogP contribution in [0.3, 0.4) is 0 Å². The summed E-state index contributed by atoms with van der Waals surface area (Å²) in [6.07, 6.45) is 1.10. The first-order chi connectivity index (χ1) is 7.15. The third-order valence-electron chi connectivity index (χ3n) is 1.95. The van der Waals surface area contributed by atoms with Gasteiger partial charge in [-0.3, -0.25) is 0 Å². The molecule has 1 aromatic rings. The highest BCUT2D eigenvalue weighted by atomic mass is 35.5. The third kappa shape index (κ3) is 3.84. The Morgan fingerprint density at radius 2 is 2.20 bits per heavy atom. The van der Waals surface area contributed by atoms with Gasteiger partial charge in [-0.15, -0.1) is 6.58 Å². The van der Waals surface area contributed by atoms with Crippen LogP contribution >= 0.6 is 23.2 Å². The Bertz CT molecular complexity index is 341. The van der Waals surface area contributed by atoms with Gasteiger partial charge in [0.15, 0.2) is 0 Å². The molecule has 0 heterocycles. The summed E-state index contributed by atoms with van der Waals surface area (Å²) in [4.78, 5) is 0. The maximum absolute atomic E-state index is 9.79. The Labute approximate surface area is 99.5 Å². The highest BCUT2D eigenvalue weighted by Crippen LogP contribution is 2.25. The second kappa shape index (κ2) is 6.13. The summed E-state index contributed by atoms with van der Waals surface area (Å²) in [6, 6.07) is 5.06. The van der Waals surface area contributed by atoms with Gasteiger partial charge in [0, 0.05) is 28.7 Å². The molecule has 2 nitrogen and oxygen atoms in total. The van der Waals surface area contributed by atoms with Crippen molar-refractivity contribution >= 4 is 23.2 Å². The van der Waals surface area contributed by atoms with E-state index in [4.69, 9.17) is 23.2 Å². The van der Waals surface area contributed by atoms with Gasteiger partial charge in [0.2, 0.25) is 0 Å². The summed E-state index contributed by atoms with van der Waals surface area (Å²) in [5.74, 6) is 0. The SMILES string of the molecule is C=CCNCC(O)c1ccc(Cl)cc1Cl. The lowest BCUT2D eigenvalue weighted by atomic mass is 10.1. The molecule has 15 heavy (non-hydrogen) atoms. The van der Waals surface area contributed by atoms with Crippen LogP contribution in [-0.4, -0.2) is 18.2 Å².